The van der Waals surface area contributed by atoms with E-state index in [1.165, 1.54) is 64.0 Å². The molecule has 0 saturated heterocycles. The molecule has 216 valence electrons. The van der Waals surface area contributed by atoms with E-state index in [1.807, 2.05) is 18.2 Å². The van der Waals surface area contributed by atoms with E-state index in [4.69, 9.17) is 0 Å². The number of hydrogen-bond acceptors (Lipinski definition) is 3. The predicted octanol–water partition coefficient (Wildman–Crippen LogP) is 11.4. The van der Waals surface area contributed by atoms with E-state index in [1.54, 1.807) is 22.7 Å². The average molecular weight is 641 g/mol. The van der Waals surface area contributed by atoms with E-state index in [-0.39, 0.29) is 0 Å². The lowest BCUT2D eigenvalue weighted by molar-refractivity contribution is 0.593. The van der Waals surface area contributed by atoms with Gasteiger partial charge in [0.2, 0.25) is 0 Å². The summed E-state index contributed by atoms with van der Waals surface area (Å²) in [7, 11) is -3.12. The minimum absolute atomic E-state index is 0.897. The third kappa shape index (κ3) is 3.65. The van der Waals surface area contributed by atoms with Crippen molar-refractivity contribution in [3.05, 3.63) is 152 Å². The minimum Gasteiger partial charge on any atom is -0.309 e. The lowest BCUT2D eigenvalue weighted by Crippen LogP contribution is -2.19. The van der Waals surface area contributed by atoms with Crippen LogP contribution in [0, 0.1) is 0 Å². The van der Waals surface area contributed by atoms with Gasteiger partial charge in [0.15, 0.2) is 7.14 Å². The molecule has 0 spiro atoms. The maximum atomic E-state index is 15.8. The van der Waals surface area contributed by atoms with Crippen molar-refractivity contribution >= 4 is 88.8 Å². The van der Waals surface area contributed by atoms with Gasteiger partial charge in [-0.1, -0.05) is 127 Å². The monoisotopic (exact) mass is 640 g/mol. The van der Waals surface area contributed by atoms with Crippen molar-refractivity contribution in [3.63, 3.8) is 0 Å². The quantitative estimate of drug-likeness (QED) is 0.139. The largest absolute Gasteiger partial charge is 0.309 e. The van der Waals surface area contributed by atoms with Crippen LogP contribution in [-0.2, 0) is 4.57 Å². The van der Waals surface area contributed by atoms with Gasteiger partial charge in [-0.05, 0) is 67.4 Å². The van der Waals surface area contributed by atoms with Gasteiger partial charge in [-0.2, -0.15) is 0 Å². The number of rotatable bonds is 3. The van der Waals surface area contributed by atoms with Gasteiger partial charge >= 0.3 is 0 Å². The third-order valence-electron chi connectivity index (χ3n) is 9.46. The van der Waals surface area contributed by atoms with Crippen molar-refractivity contribution in [2.24, 2.45) is 0 Å². The van der Waals surface area contributed by atoms with Gasteiger partial charge in [0.25, 0.3) is 0 Å². The maximum absolute atomic E-state index is 15.8. The maximum Gasteiger partial charge on any atom is 0.174 e. The first kappa shape index (κ1) is 26.4. The molecule has 0 fully saturated rings. The summed E-state index contributed by atoms with van der Waals surface area (Å²) in [5.74, 6) is 0. The van der Waals surface area contributed by atoms with Crippen molar-refractivity contribution in [2.45, 2.75) is 0 Å². The summed E-state index contributed by atoms with van der Waals surface area (Å²) in [6, 6.07) is 53.8. The molecule has 1 aliphatic rings. The van der Waals surface area contributed by atoms with Gasteiger partial charge in [0, 0.05) is 36.8 Å². The Morgan fingerprint density at radius 3 is 1.13 bits per heavy atom. The van der Waals surface area contributed by atoms with Crippen LogP contribution in [0.1, 0.15) is 0 Å². The molecule has 9 aromatic rings. The SMILES string of the molecule is O=P1(c2ccccc2)c2cc(-c3c4ccccc4cc4ccccc34)sc2-c2sc(-c3c4ccccc4cc4ccccc34)cc21. The number of benzene rings is 7. The first-order chi connectivity index (χ1) is 22.7. The average Bonchev–Trinajstić information content (AvgIpc) is 3.80. The number of thiophene rings is 2. The minimum atomic E-state index is -3.12. The summed E-state index contributed by atoms with van der Waals surface area (Å²) in [6.45, 7) is 0. The molecule has 4 heteroatoms. The highest BCUT2D eigenvalue weighted by Crippen LogP contribution is 2.59. The third-order valence-corrected chi connectivity index (χ3v) is 15.3. The highest BCUT2D eigenvalue weighted by Gasteiger charge is 2.44. The summed E-state index contributed by atoms with van der Waals surface area (Å²) in [6.07, 6.45) is 0. The summed E-state index contributed by atoms with van der Waals surface area (Å²) in [4.78, 5) is 4.64. The van der Waals surface area contributed by atoms with E-state index in [2.05, 4.69) is 133 Å². The fraction of sp³-hybridized carbons (Fsp3) is 0. The van der Waals surface area contributed by atoms with Crippen LogP contribution in [0.15, 0.2) is 152 Å². The molecule has 7 aromatic carbocycles. The van der Waals surface area contributed by atoms with Crippen LogP contribution in [0.2, 0.25) is 0 Å². The fourth-order valence-corrected chi connectivity index (χ4v) is 14.0. The van der Waals surface area contributed by atoms with Crippen LogP contribution in [0.4, 0.5) is 0 Å². The zero-order chi connectivity index (χ0) is 30.4. The number of fused-ring (bicyclic) bond motifs is 7. The van der Waals surface area contributed by atoms with E-state index in [0.29, 0.717) is 0 Å². The topological polar surface area (TPSA) is 17.1 Å². The molecule has 0 bridgehead atoms. The molecular formula is C42H25OPS2. The summed E-state index contributed by atoms with van der Waals surface area (Å²) >= 11 is 3.60. The van der Waals surface area contributed by atoms with Crippen molar-refractivity contribution in [1.82, 2.24) is 0 Å². The van der Waals surface area contributed by atoms with Gasteiger partial charge in [-0.3, -0.25) is 0 Å². The number of hydrogen-bond donors (Lipinski definition) is 0. The molecular weight excluding hydrogens is 616 g/mol. The Kier molecular flexibility index (Phi) is 5.66. The van der Waals surface area contributed by atoms with E-state index < -0.39 is 7.14 Å². The molecule has 0 unspecified atom stereocenters. The Labute approximate surface area is 274 Å². The van der Waals surface area contributed by atoms with Crippen LogP contribution in [-0.4, -0.2) is 0 Å². The first-order valence-corrected chi connectivity index (χ1v) is 18.8. The van der Waals surface area contributed by atoms with Crippen molar-refractivity contribution < 1.29 is 4.57 Å². The van der Waals surface area contributed by atoms with Crippen LogP contribution in [0.3, 0.4) is 0 Å². The Hall–Kier alpha value is -4.79. The van der Waals surface area contributed by atoms with Gasteiger partial charge in [-0.15, -0.1) is 22.7 Å². The Morgan fingerprint density at radius 2 is 0.739 bits per heavy atom. The van der Waals surface area contributed by atoms with Crippen LogP contribution in [0.5, 0.6) is 0 Å². The first-order valence-electron chi connectivity index (χ1n) is 15.4. The zero-order valence-corrected chi connectivity index (χ0v) is 27.1. The van der Waals surface area contributed by atoms with Gasteiger partial charge in [-0.25, -0.2) is 0 Å². The van der Waals surface area contributed by atoms with Gasteiger partial charge < -0.3 is 4.57 Å². The molecule has 3 heterocycles. The highest BCUT2D eigenvalue weighted by molar-refractivity contribution is 7.87. The lowest BCUT2D eigenvalue weighted by Gasteiger charge is -2.15. The molecule has 0 N–H and O–H groups in total. The molecule has 0 atom stereocenters. The lowest BCUT2D eigenvalue weighted by atomic mass is 9.96. The van der Waals surface area contributed by atoms with Gasteiger partial charge in [0.1, 0.15) is 0 Å². The van der Waals surface area contributed by atoms with E-state index in [0.717, 1.165) is 25.7 Å². The molecule has 0 radical (unpaired) electrons. The molecule has 0 amide bonds. The van der Waals surface area contributed by atoms with Crippen LogP contribution >= 0.6 is 29.8 Å². The smallest absolute Gasteiger partial charge is 0.174 e. The van der Waals surface area contributed by atoms with E-state index in [9.17, 15) is 0 Å². The van der Waals surface area contributed by atoms with Crippen LogP contribution < -0.4 is 15.9 Å². The van der Waals surface area contributed by atoms with Gasteiger partial charge in [0.05, 0.1) is 9.75 Å². The van der Waals surface area contributed by atoms with Crippen molar-refractivity contribution in [1.29, 1.82) is 0 Å². The summed E-state index contributed by atoms with van der Waals surface area (Å²) in [5.41, 5.74) is 2.46. The van der Waals surface area contributed by atoms with Crippen molar-refractivity contribution in [3.8, 4) is 30.6 Å². The standard InChI is InChI=1S/C42H25OPS2/c43-44(30-16-2-1-3-17-30)35-24-37(39-31-18-8-4-12-26(31)22-27-13-5-9-19-32(27)39)45-41(35)42-36(44)25-38(46-42)40-33-20-10-6-14-28(33)23-29-15-7-11-21-34(29)40/h1-25H. The molecule has 10 rings (SSSR count). The molecule has 1 nitrogen and oxygen atoms in total. The second kappa shape index (κ2) is 9.85. The summed E-state index contributed by atoms with van der Waals surface area (Å²) in [5, 5.41) is 12.6. The van der Waals surface area contributed by atoms with E-state index >= 15 is 4.57 Å². The Morgan fingerprint density at radius 1 is 0.391 bits per heavy atom. The second-order valence-corrected chi connectivity index (χ2v) is 16.8. The fourth-order valence-electron chi connectivity index (χ4n) is 7.41. The Bertz CT molecular complexity index is 2460. The normalized spacial score (nSPS) is 13.5. The van der Waals surface area contributed by atoms with Crippen LogP contribution in [0.25, 0.3) is 73.7 Å². The summed E-state index contributed by atoms with van der Waals surface area (Å²) < 4.78 is 15.8. The zero-order valence-electron chi connectivity index (χ0n) is 24.6. The molecule has 1 aliphatic heterocycles. The van der Waals surface area contributed by atoms with Crippen molar-refractivity contribution in [2.75, 3.05) is 0 Å². The molecule has 0 saturated carbocycles. The molecule has 46 heavy (non-hydrogen) atoms. The molecule has 0 aliphatic carbocycles. The second-order valence-electron chi connectivity index (χ2n) is 12.0. The predicted molar refractivity (Wildman–Crippen MR) is 201 cm³/mol. The molecule has 2 aromatic heterocycles. The Balaban J connectivity index is 1.28. The highest BCUT2D eigenvalue weighted by atomic mass is 32.1.